The number of rotatable bonds is 6. The van der Waals surface area contributed by atoms with Crippen molar-refractivity contribution in [1.82, 2.24) is 29.6 Å². The van der Waals surface area contributed by atoms with Crippen molar-refractivity contribution in [3.8, 4) is 5.69 Å². The highest BCUT2D eigenvalue weighted by atomic mass is 32.1. The van der Waals surface area contributed by atoms with E-state index in [1.54, 1.807) is 33.2 Å². The highest BCUT2D eigenvalue weighted by Gasteiger charge is 2.20. The van der Waals surface area contributed by atoms with E-state index in [1.807, 2.05) is 24.3 Å². The molecule has 0 saturated heterocycles. The largest absolute Gasteiger partial charge is 0.352 e. The molecule has 9 heteroatoms. The second-order valence-corrected chi connectivity index (χ2v) is 8.75. The summed E-state index contributed by atoms with van der Waals surface area (Å²) >= 11 is 1.64. The number of nitrogens with zero attached hydrogens (tertiary/aromatic N) is 5. The van der Waals surface area contributed by atoms with Crippen LogP contribution in [0.3, 0.4) is 0 Å². The maximum atomic E-state index is 13.0. The van der Waals surface area contributed by atoms with Gasteiger partial charge in [0.15, 0.2) is 0 Å². The molecule has 1 N–H and O–H groups in total. The van der Waals surface area contributed by atoms with E-state index in [0.29, 0.717) is 13.1 Å². The number of amides is 1. The van der Waals surface area contributed by atoms with E-state index < -0.39 is 0 Å². The van der Waals surface area contributed by atoms with Gasteiger partial charge in [0.25, 0.3) is 5.56 Å². The minimum atomic E-state index is -0.0975. The van der Waals surface area contributed by atoms with Gasteiger partial charge < -0.3 is 5.32 Å². The summed E-state index contributed by atoms with van der Waals surface area (Å²) in [5.41, 5.74) is 3.05. The molecule has 8 nitrogen and oxygen atoms in total. The zero-order chi connectivity index (χ0) is 21.2. The Hall–Kier alpha value is -3.33. The summed E-state index contributed by atoms with van der Waals surface area (Å²) in [4.78, 5) is 35.9. The summed E-state index contributed by atoms with van der Waals surface area (Å²) in [7, 11) is 0. The van der Waals surface area contributed by atoms with Gasteiger partial charge in [-0.25, -0.2) is 14.6 Å². The van der Waals surface area contributed by atoms with Crippen LogP contribution in [-0.4, -0.2) is 30.2 Å². The molecule has 0 unspecified atom stereocenters. The van der Waals surface area contributed by atoms with Gasteiger partial charge in [-0.2, -0.15) is 5.10 Å². The summed E-state index contributed by atoms with van der Waals surface area (Å²) in [6.45, 7) is 0.754. The molecule has 3 aromatic heterocycles. The number of hydrogen-bond donors (Lipinski definition) is 1. The fraction of sp³-hybridized carbons (Fsp3) is 0.318. The van der Waals surface area contributed by atoms with Crippen LogP contribution in [-0.2, 0) is 30.7 Å². The standard InChI is InChI=1S/C22H22N6O2S/c29-19(24-11-15-5-7-16(8-6-15)28-13-23-12-26-28)9-10-27-14-25-21-20(22(27)30)17-3-1-2-4-18(17)31-21/h5-8,12-14H,1-4,9-11H2,(H,24,29). The van der Waals surface area contributed by atoms with Crippen LogP contribution in [0, 0.1) is 0 Å². The maximum Gasteiger partial charge on any atom is 0.262 e. The zero-order valence-corrected chi connectivity index (χ0v) is 17.8. The molecule has 4 aromatic rings. The molecule has 1 aromatic carbocycles. The average Bonchev–Trinajstić information content (AvgIpc) is 3.46. The third-order valence-corrected chi connectivity index (χ3v) is 6.83. The van der Waals surface area contributed by atoms with Crippen LogP contribution < -0.4 is 10.9 Å². The van der Waals surface area contributed by atoms with Gasteiger partial charge in [0.2, 0.25) is 5.91 Å². The van der Waals surface area contributed by atoms with Gasteiger partial charge in [-0.15, -0.1) is 11.3 Å². The van der Waals surface area contributed by atoms with E-state index in [-0.39, 0.29) is 17.9 Å². The fourth-order valence-electron chi connectivity index (χ4n) is 3.96. The van der Waals surface area contributed by atoms with E-state index in [2.05, 4.69) is 20.4 Å². The smallest absolute Gasteiger partial charge is 0.262 e. The van der Waals surface area contributed by atoms with Gasteiger partial charge >= 0.3 is 0 Å². The predicted octanol–water partition coefficient (Wildman–Crippen LogP) is 2.62. The first-order chi connectivity index (χ1) is 15.2. The van der Waals surface area contributed by atoms with Gasteiger partial charge in [0, 0.05) is 24.4 Å². The van der Waals surface area contributed by atoms with Crippen LogP contribution in [0.2, 0.25) is 0 Å². The summed E-state index contributed by atoms with van der Waals surface area (Å²) in [6.07, 6.45) is 9.22. The van der Waals surface area contributed by atoms with Crippen LogP contribution in [0.15, 0.2) is 48.0 Å². The molecule has 1 aliphatic rings. The third-order valence-electron chi connectivity index (χ3n) is 5.63. The molecule has 0 radical (unpaired) electrons. The molecule has 3 heterocycles. The van der Waals surface area contributed by atoms with Crippen LogP contribution >= 0.6 is 11.3 Å². The van der Waals surface area contributed by atoms with Crippen molar-refractivity contribution in [2.45, 2.75) is 45.2 Å². The van der Waals surface area contributed by atoms with Crippen molar-refractivity contribution in [2.75, 3.05) is 0 Å². The number of carbonyl (C=O) groups excluding carboxylic acids is 1. The van der Waals surface area contributed by atoms with E-state index in [0.717, 1.165) is 40.7 Å². The van der Waals surface area contributed by atoms with Crippen molar-refractivity contribution >= 4 is 27.5 Å². The molecule has 31 heavy (non-hydrogen) atoms. The van der Waals surface area contributed by atoms with Gasteiger partial charge in [-0.05, 0) is 48.9 Å². The number of aryl methyl sites for hydroxylation is 3. The van der Waals surface area contributed by atoms with Crippen LogP contribution in [0.5, 0.6) is 0 Å². The molecule has 0 bridgehead atoms. The van der Waals surface area contributed by atoms with Crippen molar-refractivity contribution < 1.29 is 4.79 Å². The topological polar surface area (TPSA) is 94.7 Å². The molecule has 158 valence electrons. The number of hydrogen-bond acceptors (Lipinski definition) is 6. The summed E-state index contributed by atoms with van der Waals surface area (Å²) in [5.74, 6) is -0.0975. The summed E-state index contributed by atoms with van der Waals surface area (Å²) < 4.78 is 3.24. The molecular weight excluding hydrogens is 412 g/mol. The second kappa shape index (κ2) is 8.43. The van der Waals surface area contributed by atoms with Crippen molar-refractivity contribution in [3.63, 3.8) is 0 Å². The Morgan fingerprint density at radius 3 is 2.77 bits per heavy atom. The first-order valence-corrected chi connectivity index (χ1v) is 11.2. The molecule has 0 saturated carbocycles. The lowest BCUT2D eigenvalue weighted by Gasteiger charge is -2.10. The molecule has 1 amide bonds. The lowest BCUT2D eigenvalue weighted by atomic mass is 9.97. The molecule has 0 atom stereocenters. The number of fused-ring (bicyclic) bond motifs is 3. The summed E-state index contributed by atoms with van der Waals surface area (Å²) in [5, 5.41) is 7.77. The minimum Gasteiger partial charge on any atom is -0.352 e. The molecule has 1 aliphatic carbocycles. The van der Waals surface area contributed by atoms with Crippen molar-refractivity contribution in [2.24, 2.45) is 0 Å². The summed E-state index contributed by atoms with van der Waals surface area (Å²) in [6, 6.07) is 7.75. The number of carbonyl (C=O) groups is 1. The second-order valence-electron chi connectivity index (χ2n) is 7.67. The lowest BCUT2D eigenvalue weighted by Crippen LogP contribution is -2.27. The highest BCUT2D eigenvalue weighted by molar-refractivity contribution is 7.18. The van der Waals surface area contributed by atoms with Gasteiger partial charge in [-0.1, -0.05) is 12.1 Å². The Morgan fingerprint density at radius 1 is 1.13 bits per heavy atom. The molecule has 0 aliphatic heterocycles. The van der Waals surface area contributed by atoms with Crippen LogP contribution in [0.4, 0.5) is 0 Å². The number of nitrogens with one attached hydrogen (secondary N) is 1. The van der Waals surface area contributed by atoms with Gasteiger partial charge in [0.1, 0.15) is 17.5 Å². The minimum absolute atomic E-state index is 0.0269. The monoisotopic (exact) mass is 434 g/mol. The Kier molecular flexibility index (Phi) is 5.33. The quantitative estimate of drug-likeness (QED) is 0.503. The highest BCUT2D eigenvalue weighted by Crippen LogP contribution is 2.33. The molecule has 5 rings (SSSR count). The first kappa shape index (κ1) is 19.6. The third kappa shape index (κ3) is 4.00. The Balaban J connectivity index is 1.20. The maximum absolute atomic E-state index is 13.0. The van der Waals surface area contributed by atoms with Crippen LogP contribution in [0.25, 0.3) is 15.9 Å². The van der Waals surface area contributed by atoms with Gasteiger partial charge in [-0.3, -0.25) is 14.2 Å². The predicted molar refractivity (Wildman–Crippen MR) is 118 cm³/mol. The zero-order valence-electron chi connectivity index (χ0n) is 17.0. The average molecular weight is 435 g/mol. The number of benzene rings is 1. The molecule has 0 fully saturated rings. The Bertz CT molecular complexity index is 1270. The van der Waals surface area contributed by atoms with E-state index >= 15 is 0 Å². The normalized spacial score (nSPS) is 13.3. The van der Waals surface area contributed by atoms with Crippen molar-refractivity contribution in [3.05, 3.63) is 69.6 Å². The SMILES string of the molecule is O=C(CCn1cnc2sc3c(c2c1=O)CCCC3)NCc1ccc(-n2cncn2)cc1. The first-order valence-electron chi connectivity index (χ1n) is 10.4. The fourth-order valence-corrected chi connectivity index (χ4v) is 5.18. The van der Waals surface area contributed by atoms with E-state index in [1.165, 1.54) is 23.2 Å². The van der Waals surface area contributed by atoms with E-state index in [4.69, 9.17) is 0 Å². The van der Waals surface area contributed by atoms with Gasteiger partial charge in [0.05, 0.1) is 17.4 Å². The lowest BCUT2D eigenvalue weighted by molar-refractivity contribution is -0.121. The number of thiophene rings is 1. The Morgan fingerprint density at radius 2 is 1.97 bits per heavy atom. The number of aromatic nitrogens is 5. The van der Waals surface area contributed by atoms with E-state index in [9.17, 15) is 9.59 Å². The van der Waals surface area contributed by atoms with Crippen LogP contribution in [0.1, 0.15) is 35.3 Å². The van der Waals surface area contributed by atoms with Crippen molar-refractivity contribution in [1.29, 1.82) is 0 Å². The molecule has 0 spiro atoms. The molecular formula is C22H22N6O2S. The Labute approximate surface area is 182 Å².